The first-order valence-electron chi connectivity index (χ1n) is 7.34. The molecule has 1 rings (SSSR count). The predicted molar refractivity (Wildman–Crippen MR) is 87.2 cm³/mol. The van der Waals surface area contributed by atoms with Crippen LogP contribution in [0.3, 0.4) is 0 Å². The second-order valence-electron chi connectivity index (χ2n) is 5.15. The number of hydrogen-bond donors (Lipinski definition) is 2. The minimum absolute atomic E-state index is 0.350. The van der Waals surface area contributed by atoms with E-state index in [-0.39, 0.29) is 0 Å². The van der Waals surface area contributed by atoms with Crippen LogP contribution >= 0.6 is 11.3 Å². The fourth-order valence-electron chi connectivity index (χ4n) is 1.61. The van der Waals surface area contributed by atoms with Crippen molar-refractivity contribution in [3.8, 4) is 0 Å². The van der Waals surface area contributed by atoms with Crippen molar-refractivity contribution in [1.82, 2.24) is 10.0 Å². The molecule has 21 heavy (non-hydrogen) atoms. The molecule has 7 heteroatoms. The van der Waals surface area contributed by atoms with Gasteiger partial charge in [0.2, 0.25) is 10.0 Å². The van der Waals surface area contributed by atoms with E-state index in [9.17, 15) is 8.42 Å². The van der Waals surface area contributed by atoms with Gasteiger partial charge in [-0.3, -0.25) is 0 Å². The van der Waals surface area contributed by atoms with Gasteiger partial charge in [-0.25, -0.2) is 13.1 Å². The van der Waals surface area contributed by atoms with Gasteiger partial charge in [0.15, 0.2) is 0 Å². The summed E-state index contributed by atoms with van der Waals surface area (Å²) in [7, 11) is -3.39. The molecule has 5 nitrogen and oxygen atoms in total. The van der Waals surface area contributed by atoms with Gasteiger partial charge in [-0.1, -0.05) is 20.8 Å². The maximum atomic E-state index is 12.1. The molecule has 0 aromatic carbocycles. The van der Waals surface area contributed by atoms with E-state index < -0.39 is 10.0 Å². The second kappa shape index (κ2) is 9.53. The summed E-state index contributed by atoms with van der Waals surface area (Å²) in [6, 6.07) is 2.11. The van der Waals surface area contributed by atoms with Crippen LogP contribution < -0.4 is 10.0 Å². The summed E-state index contributed by atoms with van der Waals surface area (Å²) in [4.78, 5) is 1.37. The Morgan fingerprint density at radius 2 is 2.10 bits per heavy atom. The Bertz CT molecular complexity index is 498. The number of ether oxygens (including phenoxy) is 1. The van der Waals surface area contributed by atoms with E-state index in [4.69, 9.17) is 4.74 Å². The van der Waals surface area contributed by atoms with Crippen molar-refractivity contribution in [3.63, 3.8) is 0 Å². The number of thiophene rings is 1. The van der Waals surface area contributed by atoms with Crippen molar-refractivity contribution in [1.29, 1.82) is 0 Å². The van der Waals surface area contributed by atoms with Crippen molar-refractivity contribution in [3.05, 3.63) is 16.3 Å². The minimum atomic E-state index is -3.39. The molecule has 122 valence electrons. The molecule has 0 bridgehead atoms. The Balaban J connectivity index is 2.40. The van der Waals surface area contributed by atoms with E-state index in [0.29, 0.717) is 37.1 Å². The molecule has 0 radical (unpaired) electrons. The number of nitrogens with one attached hydrogen (secondary N) is 2. The van der Waals surface area contributed by atoms with Gasteiger partial charge in [0, 0.05) is 42.6 Å². The summed E-state index contributed by atoms with van der Waals surface area (Å²) in [5.41, 5.74) is 0. The third kappa shape index (κ3) is 7.37. The lowest BCUT2D eigenvalue weighted by atomic mass is 10.4. The lowest BCUT2D eigenvalue weighted by Crippen LogP contribution is -2.25. The van der Waals surface area contributed by atoms with Crippen LogP contribution in [0.2, 0.25) is 0 Å². The molecular formula is C14H26N2O3S2. The van der Waals surface area contributed by atoms with Crippen molar-refractivity contribution in [2.75, 3.05) is 19.8 Å². The summed E-state index contributed by atoms with van der Waals surface area (Å²) in [6.45, 7) is 8.59. The van der Waals surface area contributed by atoms with E-state index in [2.05, 4.69) is 23.9 Å². The SMILES string of the molecule is CCCOCCCNS(=O)(=O)c1csc(CNC(C)C)c1. The van der Waals surface area contributed by atoms with Crippen molar-refractivity contribution < 1.29 is 13.2 Å². The summed E-state index contributed by atoms with van der Waals surface area (Å²) in [5, 5.41) is 4.96. The lowest BCUT2D eigenvalue weighted by molar-refractivity contribution is 0.133. The Hall–Kier alpha value is -0.470. The molecule has 0 amide bonds. The van der Waals surface area contributed by atoms with E-state index in [1.807, 2.05) is 6.92 Å². The zero-order valence-electron chi connectivity index (χ0n) is 13.0. The van der Waals surface area contributed by atoms with Crippen LogP contribution in [0, 0.1) is 0 Å². The van der Waals surface area contributed by atoms with Crippen LogP contribution in [-0.4, -0.2) is 34.2 Å². The van der Waals surface area contributed by atoms with Crippen LogP contribution in [0.4, 0.5) is 0 Å². The van der Waals surface area contributed by atoms with E-state index in [1.165, 1.54) is 11.3 Å². The molecule has 0 aliphatic rings. The fraction of sp³-hybridized carbons (Fsp3) is 0.714. The Morgan fingerprint density at radius 3 is 2.76 bits per heavy atom. The van der Waals surface area contributed by atoms with Gasteiger partial charge in [-0.05, 0) is 18.9 Å². The summed E-state index contributed by atoms with van der Waals surface area (Å²) in [6.07, 6.45) is 1.67. The molecule has 1 aromatic heterocycles. The maximum absolute atomic E-state index is 12.1. The maximum Gasteiger partial charge on any atom is 0.241 e. The van der Waals surface area contributed by atoms with Gasteiger partial charge in [0.1, 0.15) is 0 Å². The normalized spacial score (nSPS) is 12.2. The topological polar surface area (TPSA) is 67.4 Å². The molecule has 0 aliphatic heterocycles. The van der Waals surface area contributed by atoms with Crippen molar-refractivity contribution >= 4 is 21.4 Å². The van der Waals surface area contributed by atoms with Gasteiger partial charge in [-0.2, -0.15) is 0 Å². The molecule has 1 heterocycles. The monoisotopic (exact) mass is 334 g/mol. The van der Waals surface area contributed by atoms with Gasteiger partial charge < -0.3 is 10.1 Å². The molecule has 0 saturated carbocycles. The highest BCUT2D eigenvalue weighted by molar-refractivity contribution is 7.89. The van der Waals surface area contributed by atoms with E-state index >= 15 is 0 Å². The second-order valence-corrected chi connectivity index (χ2v) is 7.91. The Kier molecular flexibility index (Phi) is 8.43. The molecule has 0 aliphatic carbocycles. The quantitative estimate of drug-likeness (QED) is 0.610. The molecule has 0 atom stereocenters. The number of sulfonamides is 1. The summed E-state index contributed by atoms with van der Waals surface area (Å²) >= 11 is 1.46. The van der Waals surface area contributed by atoms with Gasteiger partial charge >= 0.3 is 0 Å². The molecule has 0 saturated heterocycles. The summed E-state index contributed by atoms with van der Waals surface area (Å²) in [5.74, 6) is 0. The van der Waals surface area contributed by atoms with Crippen LogP contribution in [0.15, 0.2) is 16.3 Å². The summed E-state index contributed by atoms with van der Waals surface area (Å²) < 4.78 is 32.1. The van der Waals surface area contributed by atoms with Crippen molar-refractivity contribution in [2.24, 2.45) is 0 Å². The smallest absolute Gasteiger partial charge is 0.241 e. The van der Waals surface area contributed by atoms with Crippen LogP contribution in [0.25, 0.3) is 0 Å². The molecule has 0 fully saturated rings. The Morgan fingerprint density at radius 1 is 1.33 bits per heavy atom. The largest absolute Gasteiger partial charge is 0.381 e. The van der Waals surface area contributed by atoms with E-state index in [1.54, 1.807) is 11.4 Å². The van der Waals surface area contributed by atoms with Gasteiger partial charge in [0.05, 0.1) is 4.90 Å². The molecule has 0 spiro atoms. The lowest BCUT2D eigenvalue weighted by Gasteiger charge is -2.06. The highest BCUT2D eigenvalue weighted by Crippen LogP contribution is 2.19. The highest BCUT2D eigenvalue weighted by Gasteiger charge is 2.15. The molecule has 1 aromatic rings. The number of rotatable bonds is 11. The first kappa shape index (κ1) is 18.6. The standard InChI is InChI=1S/C14H26N2O3S2/c1-4-7-19-8-5-6-16-21(17,18)14-9-13(20-11-14)10-15-12(2)3/h9,11-12,15-16H,4-8,10H2,1-3H3. The third-order valence-electron chi connectivity index (χ3n) is 2.73. The van der Waals surface area contributed by atoms with E-state index in [0.717, 1.165) is 17.9 Å². The van der Waals surface area contributed by atoms with Crippen LogP contribution in [0.5, 0.6) is 0 Å². The third-order valence-corrected chi connectivity index (χ3v) is 5.26. The average Bonchev–Trinajstić information content (AvgIpc) is 2.90. The Labute approximate surface area is 132 Å². The molecule has 2 N–H and O–H groups in total. The number of hydrogen-bond acceptors (Lipinski definition) is 5. The predicted octanol–water partition coefficient (Wildman–Crippen LogP) is 2.34. The van der Waals surface area contributed by atoms with Crippen molar-refractivity contribution in [2.45, 2.75) is 51.1 Å². The molecular weight excluding hydrogens is 308 g/mol. The first-order valence-corrected chi connectivity index (χ1v) is 9.70. The minimum Gasteiger partial charge on any atom is -0.381 e. The zero-order valence-corrected chi connectivity index (χ0v) is 14.6. The van der Waals surface area contributed by atoms with Crippen LogP contribution in [-0.2, 0) is 21.3 Å². The average molecular weight is 335 g/mol. The molecule has 0 unspecified atom stereocenters. The highest BCUT2D eigenvalue weighted by atomic mass is 32.2. The van der Waals surface area contributed by atoms with Gasteiger partial charge in [0.25, 0.3) is 0 Å². The fourth-order valence-corrected chi connectivity index (χ4v) is 3.91. The van der Waals surface area contributed by atoms with Crippen LogP contribution in [0.1, 0.15) is 38.5 Å². The van der Waals surface area contributed by atoms with Gasteiger partial charge in [-0.15, -0.1) is 11.3 Å². The zero-order chi connectivity index (χ0) is 15.7. The first-order chi connectivity index (χ1) is 9.95.